The molecule has 1 aliphatic rings. The van der Waals surface area contributed by atoms with Crippen LogP contribution in [0.3, 0.4) is 0 Å². The summed E-state index contributed by atoms with van der Waals surface area (Å²) in [6, 6.07) is 8.60. The van der Waals surface area contributed by atoms with E-state index in [0.29, 0.717) is 0 Å². The summed E-state index contributed by atoms with van der Waals surface area (Å²) in [5.74, 6) is 1.06. The van der Waals surface area contributed by atoms with Crippen LogP contribution in [0.15, 0.2) is 36.7 Å². The molecule has 0 bridgehead atoms. The standard InChI is InChI=1S/C16H22N4/c1-19-11-8-17-16(19)12-18-15-7-3-2-6-14(15)13-20-9-4-5-10-20/h2-3,6-8,11,18H,4-5,9-10,12-13H2,1H3. The Balaban J connectivity index is 1.67. The van der Waals surface area contributed by atoms with E-state index in [-0.39, 0.29) is 0 Å². The summed E-state index contributed by atoms with van der Waals surface area (Å²) in [5, 5.41) is 3.52. The van der Waals surface area contributed by atoms with Crippen LogP contribution < -0.4 is 5.32 Å². The molecule has 4 heteroatoms. The molecule has 0 atom stereocenters. The second-order valence-electron chi connectivity index (χ2n) is 5.45. The van der Waals surface area contributed by atoms with E-state index in [4.69, 9.17) is 0 Å². The van der Waals surface area contributed by atoms with Gasteiger partial charge < -0.3 is 9.88 Å². The van der Waals surface area contributed by atoms with E-state index in [1.807, 2.05) is 19.4 Å². The Morgan fingerprint density at radius 1 is 1.20 bits per heavy atom. The van der Waals surface area contributed by atoms with E-state index in [2.05, 4.69) is 44.0 Å². The second kappa shape index (κ2) is 6.09. The number of rotatable bonds is 5. The van der Waals surface area contributed by atoms with Crippen molar-refractivity contribution in [2.75, 3.05) is 18.4 Å². The first kappa shape index (κ1) is 13.2. The van der Waals surface area contributed by atoms with Crippen molar-refractivity contribution in [2.24, 2.45) is 7.05 Å². The van der Waals surface area contributed by atoms with Gasteiger partial charge in [-0.15, -0.1) is 0 Å². The fraction of sp³-hybridized carbons (Fsp3) is 0.438. The molecular weight excluding hydrogens is 248 g/mol. The number of hydrogen-bond donors (Lipinski definition) is 1. The van der Waals surface area contributed by atoms with Crippen LogP contribution in [0.4, 0.5) is 5.69 Å². The lowest BCUT2D eigenvalue weighted by Gasteiger charge is -2.18. The van der Waals surface area contributed by atoms with Crippen LogP contribution in [-0.2, 0) is 20.1 Å². The fourth-order valence-electron chi connectivity index (χ4n) is 2.75. The molecule has 1 aliphatic heterocycles. The molecule has 0 radical (unpaired) electrons. The van der Waals surface area contributed by atoms with E-state index in [0.717, 1.165) is 18.9 Å². The summed E-state index contributed by atoms with van der Waals surface area (Å²) in [5.41, 5.74) is 2.60. The van der Waals surface area contributed by atoms with Crippen LogP contribution in [0.2, 0.25) is 0 Å². The number of anilines is 1. The van der Waals surface area contributed by atoms with Crippen molar-refractivity contribution >= 4 is 5.69 Å². The smallest absolute Gasteiger partial charge is 0.127 e. The number of hydrogen-bond acceptors (Lipinski definition) is 3. The van der Waals surface area contributed by atoms with Crippen molar-refractivity contribution in [2.45, 2.75) is 25.9 Å². The minimum atomic E-state index is 0.764. The number of benzene rings is 1. The zero-order chi connectivity index (χ0) is 13.8. The third-order valence-corrected chi connectivity index (χ3v) is 3.97. The summed E-state index contributed by atoms with van der Waals surface area (Å²) >= 11 is 0. The number of nitrogens with one attached hydrogen (secondary N) is 1. The van der Waals surface area contributed by atoms with Gasteiger partial charge in [0.25, 0.3) is 0 Å². The molecule has 0 spiro atoms. The highest BCUT2D eigenvalue weighted by Gasteiger charge is 2.13. The Bertz CT molecular complexity index is 555. The lowest BCUT2D eigenvalue weighted by Crippen LogP contribution is -2.19. The second-order valence-corrected chi connectivity index (χ2v) is 5.45. The highest BCUT2D eigenvalue weighted by molar-refractivity contribution is 5.51. The van der Waals surface area contributed by atoms with Gasteiger partial charge in [-0.1, -0.05) is 18.2 Å². The third-order valence-electron chi connectivity index (χ3n) is 3.97. The molecule has 3 rings (SSSR count). The normalized spacial score (nSPS) is 15.7. The first-order chi connectivity index (χ1) is 9.83. The largest absolute Gasteiger partial charge is 0.378 e. The molecule has 1 fully saturated rings. The van der Waals surface area contributed by atoms with Crippen molar-refractivity contribution < 1.29 is 0 Å². The van der Waals surface area contributed by atoms with Crippen molar-refractivity contribution in [3.8, 4) is 0 Å². The molecule has 1 N–H and O–H groups in total. The SMILES string of the molecule is Cn1ccnc1CNc1ccccc1CN1CCCC1. The van der Waals surface area contributed by atoms with Crippen LogP contribution >= 0.6 is 0 Å². The highest BCUT2D eigenvalue weighted by atomic mass is 15.1. The number of imidazole rings is 1. The molecule has 1 aromatic carbocycles. The highest BCUT2D eigenvalue weighted by Crippen LogP contribution is 2.20. The summed E-state index contributed by atoms with van der Waals surface area (Å²) in [7, 11) is 2.03. The van der Waals surface area contributed by atoms with Crippen LogP contribution in [0.1, 0.15) is 24.2 Å². The predicted octanol–water partition coefficient (Wildman–Crippen LogP) is 2.63. The van der Waals surface area contributed by atoms with E-state index < -0.39 is 0 Å². The molecule has 4 nitrogen and oxygen atoms in total. The van der Waals surface area contributed by atoms with Gasteiger partial charge in [0.05, 0.1) is 6.54 Å². The van der Waals surface area contributed by atoms with E-state index in [1.165, 1.54) is 37.2 Å². The van der Waals surface area contributed by atoms with Crippen LogP contribution in [0, 0.1) is 0 Å². The molecule has 0 aliphatic carbocycles. The molecule has 106 valence electrons. The number of aromatic nitrogens is 2. The molecule has 1 saturated heterocycles. The Hall–Kier alpha value is -1.81. The molecule has 2 aromatic rings. The van der Waals surface area contributed by atoms with Crippen LogP contribution in [0.5, 0.6) is 0 Å². The monoisotopic (exact) mass is 270 g/mol. The van der Waals surface area contributed by atoms with Gasteiger partial charge >= 0.3 is 0 Å². The van der Waals surface area contributed by atoms with Gasteiger partial charge in [-0.3, -0.25) is 4.90 Å². The number of likely N-dealkylation sites (tertiary alicyclic amines) is 1. The Morgan fingerprint density at radius 2 is 2.00 bits per heavy atom. The van der Waals surface area contributed by atoms with Crippen LogP contribution in [0.25, 0.3) is 0 Å². The van der Waals surface area contributed by atoms with Crippen LogP contribution in [-0.4, -0.2) is 27.5 Å². The number of aryl methyl sites for hydroxylation is 1. The maximum atomic E-state index is 4.35. The predicted molar refractivity (Wildman–Crippen MR) is 81.5 cm³/mol. The lowest BCUT2D eigenvalue weighted by molar-refractivity contribution is 0.332. The Kier molecular flexibility index (Phi) is 4.02. The van der Waals surface area contributed by atoms with Gasteiger partial charge in [0.2, 0.25) is 0 Å². The fourth-order valence-corrected chi connectivity index (χ4v) is 2.75. The first-order valence-electron chi connectivity index (χ1n) is 7.33. The van der Waals surface area contributed by atoms with Crippen molar-refractivity contribution in [3.63, 3.8) is 0 Å². The zero-order valence-corrected chi connectivity index (χ0v) is 12.0. The van der Waals surface area contributed by atoms with Gasteiger partial charge in [-0.2, -0.15) is 0 Å². The molecule has 0 saturated carbocycles. The summed E-state index contributed by atoms with van der Waals surface area (Å²) < 4.78 is 2.05. The molecule has 2 heterocycles. The summed E-state index contributed by atoms with van der Waals surface area (Å²) in [4.78, 5) is 6.88. The maximum Gasteiger partial charge on any atom is 0.127 e. The third kappa shape index (κ3) is 3.02. The van der Waals surface area contributed by atoms with Gasteiger partial charge in [0.15, 0.2) is 0 Å². The first-order valence-corrected chi connectivity index (χ1v) is 7.33. The summed E-state index contributed by atoms with van der Waals surface area (Å²) in [6.07, 6.45) is 6.49. The van der Waals surface area contributed by atoms with Gasteiger partial charge in [0, 0.05) is 31.7 Å². The number of nitrogens with zero attached hydrogens (tertiary/aromatic N) is 3. The van der Waals surface area contributed by atoms with Crippen molar-refractivity contribution in [1.82, 2.24) is 14.5 Å². The van der Waals surface area contributed by atoms with Gasteiger partial charge in [-0.05, 0) is 37.6 Å². The Labute approximate surface area is 120 Å². The average Bonchev–Trinajstić information content (AvgIpc) is 3.10. The zero-order valence-electron chi connectivity index (χ0n) is 12.0. The van der Waals surface area contributed by atoms with E-state index >= 15 is 0 Å². The minimum absolute atomic E-state index is 0.764. The van der Waals surface area contributed by atoms with Crippen molar-refractivity contribution in [3.05, 3.63) is 48.0 Å². The average molecular weight is 270 g/mol. The number of para-hydroxylation sites is 1. The maximum absolute atomic E-state index is 4.35. The van der Waals surface area contributed by atoms with E-state index in [1.54, 1.807) is 0 Å². The molecular formula is C16H22N4. The molecule has 1 aromatic heterocycles. The van der Waals surface area contributed by atoms with E-state index in [9.17, 15) is 0 Å². The topological polar surface area (TPSA) is 33.1 Å². The Morgan fingerprint density at radius 3 is 2.75 bits per heavy atom. The van der Waals surface area contributed by atoms with Gasteiger partial charge in [-0.25, -0.2) is 4.98 Å². The minimum Gasteiger partial charge on any atom is -0.378 e. The summed E-state index contributed by atoms with van der Waals surface area (Å²) in [6.45, 7) is 4.27. The molecule has 20 heavy (non-hydrogen) atoms. The quantitative estimate of drug-likeness (QED) is 0.906. The van der Waals surface area contributed by atoms with Gasteiger partial charge in [0.1, 0.15) is 5.82 Å². The lowest BCUT2D eigenvalue weighted by atomic mass is 10.1. The molecule has 0 unspecified atom stereocenters. The molecule has 0 amide bonds. The van der Waals surface area contributed by atoms with Crippen molar-refractivity contribution in [1.29, 1.82) is 0 Å².